The number of nitrogens with zero attached hydrogens (tertiary/aromatic N) is 2. The zero-order valence-corrected chi connectivity index (χ0v) is 33.5. The summed E-state index contributed by atoms with van der Waals surface area (Å²) in [6.45, 7) is 0. The third-order valence-corrected chi connectivity index (χ3v) is 12.8. The van der Waals surface area contributed by atoms with Gasteiger partial charge < -0.3 is 9.80 Å². The molecule has 10 aromatic carbocycles. The van der Waals surface area contributed by atoms with Crippen LogP contribution in [-0.2, 0) is 5.41 Å². The van der Waals surface area contributed by atoms with Crippen LogP contribution in [0.4, 0.5) is 34.1 Å². The minimum atomic E-state index is -0.607. The normalized spacial score (nSPS) is 14.3. The molecule has 0 amide bonds. The van der Waals surface area contributed by atoms with Crippen LogP contribution in [0.15, 0.2) is 243 Å². The van der Waals surface area contributed by atoms with Crippen LogP contribution in [-0.4, -0.2) is 0 Å². The monoisotopic (exact) mass is 776 g/mol. The first-order valence-electron chi connectivity index (χ1n) is 21.1. The van der Waals surface area contributed by atoms with Crippen LogP contribution in [0.1, 0.15) is 22.3 Å². The minimum absolute atomic E-state index is 0.607. The van der Waals surface area contributed by atoms with Gasteiger partial charge in [0.25, 0.3) is 0 Å². The highest BCUT2D eigenvalue weighted by molar-refractivity contribution is 6.11. The molecule has 0 fully saturated rings. The van der Waals surface area contributed by atoms with Crippen molar-refractivity contribution in [2.24, 2.45) is 0 Å². The maximum atomic E-state index is 2.51. The van der Waals surface area contributed by atoms with Gasteiger partial charge in [-0.05, 0) is 128 Å². The van der Waals surface area contributed by atoms with Gasteiger partial charge in [0.2, 0.25) is 0 Å². The molecule has 1 unspecified atom stereocenters. The van der Waals surface area contributed by atoms with Gasteiger partial charge in [0.15, 0.2) is 0 Å². The van der Waals surface area contributed by atoms with E-state index in [4.69, 9.17) is 0 Å². The largest absolute Gasteiger partial charge is 0.310 e. The summed E-state index contributed by atoms with van der Waals surface area (Å²) in [5, 5.41) is 2.48. The summed E-state index contributed by atoms with van der Waals surface area (Å²) in [6.07, 6.45) is 0. The molecule has 2 heteroatoms. The number of rotatable bonds is 7. The predicted octanol–water partition coefficient (Wildman–Crippen LogP) is 15.8. The van der Waals surface area contributed by atoms with Gasteiger partial charge in [0.1, 0.15) is 0 Å². The highest BCUT2D eigenvalue weighted by Gasteiger charge is 2.54. The number of hydrogen-bond acceptors (Lipinski definition) is 2. The fourth-order valence-electron chi connectivity index (χ4n) is 10.4. The molecule has 0 N–H and O–H groups in total. The van der Waals surface area contributed by atoms with Gasteiger partial charge in [0, 0.05) is 34.0 Å². The second kappa shape index (κ2) is 14.1. The van der Waals surface area contributed by atoms with Crippen LogP contribution in [0.5, 0.6) is 0 Å². The molecule has 0 aromatic heterocycles. The lowest BCUT2D eigenvalue weighted by molar-refractivity contribution is 0.793. The standard InChI is InChI=1S/C59H40N2/c1-5-20-41(21-6-1)42-23-19-30-47(38-42)61(46-28-11-4-12-29-46)56-39-43-22-13-14-31-49(43)57-51-33-16-18-35-54(51)59(58(56)57)53-34-17-15-32-50(53)52-40-48(36-37-55(52)59)60(44-24-7-2-8-25-44)45-26-9-3-10-27-45/h1-40H. The SMILES string of the molecule is c1ccc(-c2cccc(N(c3ccccc3)c3cc4ccccc4c4c3C3(c5ccccc5-c5cc(N(c6ccccc6)c6ccccc6)ccc53)c3ccccc3-4)c2)cc1. The van der Waals surface area contributed by atoms with Crippen molar-refractivity contribution in [3.8, 4) is 33.4 Å². The summed E-state index contributed by atoms with van der Waals surface area (Å²) in [5.74, 6) is 0. The van der Waals surface area contributed by atoms with E-state index in [0.717, 1.165) is 28.4 Å². The fourth-order valence-corrected chi connectivity index (χ4v) is 10.4. The second-order valence-electron chi connectivity index (χ2n) is 16.0. The third kappa shape index (κ3) is 5.36. The molecule has 0 heterocycles. The quantitative estimate of drug-likeness (QED) is 0.159. The van der Waals surface area contributed by atoms with Crippen molar-refractivity contribution in [3.63, 3.8) is 0 Å². The zero-order valence-electron chi connectivity index (χ0n) is 33.5. The van der Waals surface area contributed by atoms with E-state index in [0.29, 0.717) is 0 Å². The Hall–Kier alpha value is -7.94. The van der Waals surface area contributed by atoms with Crippen LogP contribution in [0, 0.1) is 0 Å². The molecule has 0 aliphatic heterocycles. The van der Waals surface area contributed by atoms with E-state index in [9.17, 15) is 0 Å². The van der Waals surface area contributed by atoms with Crippen LogP contribution in [0.3, 0.4) is 0 Å². The Labute approximate surface area is 356 Å². The van der Waals surface area contributed by atoms with Crippen molar-refractivity contribution in [1.82, 2.24) is 0 Å². The van der Waals surface area contributed by atoms with Gasteiger partial charge >= 0.3 is 0 Å². The molecule has 61 heavy (non-hydrogen) atoms. The van der Waals surface area contributed by atoms with Gasteiger partial charge in [-0.3, -0.25) is 0 Å². The Balaban J connectivity index is 1.18. The van der Waals surface area contributed by atoms with E-state index >= 15 is 0 Å². The van der Waals surface area contributed by atoms with Crippen molar-refractivity contribution in [2.45, 2.75) is 5.41 Å². The maximum Gasteiger partial charge on any atom is 0.0746 e. The number of fused-ring (bicyclic) bond motifs is 12. The van der Waals surface area contributed by atoms with E-state index in [2.05, 4.69) is 252 Å². The van der Waals surface area contributed by atoms with E-state index in [1.54, 1.807) is 0 Å². The molecular weight excluding hydrogens is 737 g/mol. The average molecular weight is 777 g/mol. The van der Waals surface area contributed by atoms with Crippen LogP contribution in [0.2, 0.25) is 0 Å². The summed E-state index contributed by atoms with van der Waals surface area (Å²) in [5.41, 5.74) is 18.8. The molecule has 2 aliphatic carbocycles. The second-order valence-corrected chi connectivity index (χ2v) is 16.0. The van der Waals surface area contributed by atoms with Crippen LogP contribution >= 0.6 is 0 Å². The summed E-state index contributed by atoms with van der Waals surface area (Å²) in [6, 6.07) is 89.0. The lowest BCUT2D eigenvalue weighted by Crippen LogP contribution is -2.28. The smallest absolute Gasteiger partial charge is 0.0746 e. The van der Waals surface area contributed by atoms with E-state index in [-0.39, 0.29) is 0 Å². The first-order valence-corrected chi connectivity index (χ1v) is 21.1. The lowest BCUT2D eigenvalue weighted by atomic mass is 9.69. The van der Waals surface area contributed by atoms with Gasteiger partial charge in [-0.25, -0.2) is 0 Å². The minimum Gasteiger partial charge on any atom is -0.310 e. The van der Waals surface area contributed by atoms with Crippen molar-refractivity contribution < 1.29 is 0 Å². The van der Waals surface area contributed by atoms with Crippen molar-refractivity contribution in [1.29, 1.82) is 0 Å². The molecule has 2 aliphatic rings. The summed E-state index contributed by atoms with van der Waals surface area (Å²) in [7, 11) is 0. The van der Waals surface area contributed by atoms with Crippen molar-refractivity contribution in [3.05, 3.63) is 265 Å². The Morgan fingerprint density at radius 1 is 0.295 bits per heavy atom. The van der Waals surface area contributed by atoms with Crippen LogP contribution < -0.4 is 9.80 Å². The highest BCUT2D eigenvalue weighted by Crippen LogP contribution is 2.67. The summed E-state index contributed by atoms with van der Waals surface area (Å²) in [4.78, 5) is 4.88. The first-order chi connectivity index (χ1) is 30.3. The Bertz CT molecular complexity index is 3210. The number of anilines is 6. The first kappa shape index (κ1) is 35.0. The Morgan fingerprint density at radius 2 is 0.787 bits per heavy atom. The van der Waals surface area contributed by atoms with Gasteiger partial charge in [0.05, 0.1) is 11.1 Å². The van der Waals surface area contributed by atoms with Crippen LogP contribution in [0.25, 0.3) is 44.2 Å². The molecule has 0 saturated heterocycles. The number of hydrogen-bond donors (Lipinski definition) is 0. The molecule has 1 spiro atoms. The molecular formula is C59H40N2. The molecule has 12 rings (SSSR count). The topological polar surface area (TPSA) is 6.48 Å². The molecule has 286 valence electrons. The number of benzene rings is 10. The van der Waals surface area contributed by atoms with E-state index in [1.807, 2.05) is 0 Å². The van der Waals surface area contributed by atoms with E-state index < -0.39 is 5.41 Å². The summed E-state index contributed by atoms with van der Waals surface area (Å²) >= 11 is 0. The fraction of sp³-hybridized carbons (Fsp3) is 0.0169. The maximum absolute atomic E-state index is 2.51. The molecule has 10 aromatic rings. The Kier molecular flexibility index (Phi) is 8.11. The van der Waals surface area contributed by atoms with Gasteiger partial charge in [-0.15, -0.1) is 0 Å². The van der Waals surface area contributed by atoms with E-state index in [1.165, 1.54) is 72.1 Å². The third-order valence-electron chi connectivity index (χ3n) is 12.8. The molecule has 0 saturated carbocycles. The number of para-hydroxylation sites is 3. The van der Waals surface area contributed by atoms with Crippen molar-refractivity contribution in [2.75, 3.05) is 9.80 Å². The molecule has 2 nitrogen and oxygen atoms in total. The summed E-state index contributed by atoms with van der Waals surface area (Å²) < 4.78 is 0. The predicted molar refractivity (Wildman–Crippen MR) is 255 cm³/mol. The Morgan fingerprint density at radius 3 is 1.48 bits per heavy atom. The van der Waals surface area contributed by atoms with Crippen molar-refractivity contribution >= 4 is 44.9 Å². The lowest BCUT2D eigenvalue weighted by Gasteiger charge is -2.36. The highest BCUT2D eigenvalue weighted by atomic mass is 15.2. The molecule has 1 atom stereocenters. The van der Waals surface area contributed by atoms with Gasteiger partial charge in [-0.1, -0.05) is 176 Å². The zero-order chi connectivity index (χ0) is 40.3. The molecule has 0 radical (unpaired) electrons. The molecule has 0 bridgehead atoms. The van der Waals surface area contributed by atoms with Gasteiger partial charge in [-0.2, -0.15) is 0 Å². The average Bonchev–Trinajstić information content (AvgIpc) is 3.81.